The molecular weight excluding hydrogens is 172 g/mol. The summed E-state index contributed by atoms with van der Waals surface area (Å²) in [6, 6.07) is 0. The fourth-order valence-corrected chi connectivity index (χ4v) is 0.599. The van der Waals surface area contributed by atoms with Crippen molar-refractivity contribution in [3.63, 3.8) is 0 Å². The van der Waals surface area contributed by atoms with E-state index in [1.165, 1.54) is 0 Å². The molecule has 4 heteroatoms. The van der Waals surface area contributed by atoms with E-state index >= 15 is 0 Å². The predicted molar refractivity (Wildman–Crippen MR) is 46.9 cm³/mol. The summed E-state index contributed by atoms with van der Waals surface area (Å²) >= 11 is 0. The van der Waals surface area contributed by atoms with Crippen LogP contribution in [0.5, 0.6) is 0 Å². The van der Waals surface area contributed by atoms with Gasteiger partial charge in [0.1, 0.15) is 6.10 Å². The van der Waals surface area contributed by atoms with Gasteiger partial charge in [-0.05, 0) is 13.8 Å². The van der Waals surface area contributed by atoms with E-state index < -0.39 is 5.97 Å². The van der Waals surface area contributed by atoms with Crippen LogP contribution < -0.4 is 0 Å². The minimum atomic E-state index is -0.554. The van der Waals surface area contributed by atoms with Crippen molar-refractivity contribution in [1.29, 1.82) is 0 Å². The van der Waals surface area contributed by atoms with Gasteiger partial charge in [-0.3, -0.25) is 0 Å². The highest BCUT2D eigenvalue weighted by Crippen LogP contribution is 1.86. The lowest BCUT2D eigenvalue weighted by Gasteiger charge is -2.03. The third-order valence-corrected chi connectivity index (χ3v) is 1.11. The lowest BCUT2D eigenvalue weighted by atomic mass is 10.4. The van der Waals surface area contributed by atoms with Gasteiger partial charge in [0, 0.05) is 5.92 Å². The number of hydrogen-bond donors (Lipinski definition) is 1. The van der Waals surface area contributed by atoms with Crippen LogP contribution in [0.2, 0.25) is 0 Å². The SMILES string of the molecule is CCOC(=O)C#C[C@H](C)OCCO. The number of aliphatic hydroxyl groups excluding tert-OH is 1. The summed E-state index contributed by atoms with van der Waals surface area (Å²) in [5.41, 5.74) is 0. The number of ether oxygens (including phenoxy) is 2. The van der Waals surface area contributed by atoms with Gasteiger partial charge >= 0.3 is 5.97 Å². The Morgan fingerprint density at radius 3 is 2.85 bits per heavy atom. The van der Waals surface area contributed by atoms with Gasteiger partial charge in [-0.1, -0.05) is 5.92 Å². The summed E-state index contributed by atoms with van der Waals surface area (Å²) in [4.78, 5) is 10.7. The molecule has 0 fully saturated rings. The smallest absolute Gasteiger partial charge is 0.384 e. The summed E-state index contributed by atoms with van der Waals surface area (Å²) in [5.74, 6) is 4.26. The molecule has 1 atom stereocenters. The lowest BCUT2D eigenvalue weighted by molar-refractivity contribution is -0.136. The molecule has 0 rings (SSSR count). The quantitative estimate of drug-likeness (QED) is 0.380. The third kappa shape index (κ3) is 7.32. The standard InChI is InChI=1S/C9H14O4/c1-3-12-9(11)5-4-8(2)13-7-6-10/h8,10H,3,6-7H2,1-2H3/t8-/m0/s1. The zero-order valence-electron chi connectivity index (χ0n) is 7.87. The Bertz CT molecular complexity index is 201. The minimum absolute atomic E-state index is 0.0502. The van der Waals surface area contributed by atoms with Gasteiger partial charge in [0.15, 0.2) is 0 Å². The average molecular weight is 186 g/mol. The number of esters is 1. The first-order valence-electron chi connectivity index (χ1n) is 4.11. The van der Waals surface area contributed by atoms with Crippen LogP contribution in [0.25, 0.3) is 0 Å². The molecule has 0 aliphatic rings. The van der Waals surface area contributed by atoms with Crippen LogP contribution in [0.1, 0.15) is 13.8 Å². The first-order valence-corrected chi connectivity index (χ1v) is 4.11. The van der Waals surface area contributed by atoms with E-state index in [2.05, 4.69) is 16.6 Å². The van der Waals surface area contributed by atoms with Gasteiger partial charge < -0.3 is 14.6 Å². The highest BCUT2D eigenvalue weighted by Gasteiger charge is 1.97. The van der Waals surface area contributed by atoms with Crippen LogP contribution in [0.4, 0.5) is 0 Å². The van der Waals surface area contributed by atoms with Gasteiger partial charge in [-0.15, -0.1) is 0 Å². The second-order valence-electron chi connectivity index (χ2n) is 2.23. The number of hydrogen-bond acceptors (Lipinski definition) is 4. The first-order chi connectivity index (χ1) is 6.20. The second-order valence-corrected chi connectivity index (χ2v) is 2.23. The molecule has 0 spiro atoms. The molecule has 0 bridgehead atoms. The second kappa shape index (κ2) is 7.59. The Kier molecular flexibility index (Phi) is 6.98. The predicted octanol–water partition coefficient (Wildman–Crippen LogP) is -0.0497. The molecule has 0 aromatic heterocycles. The van der Waals surface area contributed by atoms with E-state index in [0.717, 1.165) is 0 Å². The molecule has 0 saturated heterocycles. The van der Waals surface area contributed by atoms with Gasteiger partial charge in [0.2, 0.25) is 0 Å². The minimum Gasteiger partial charge on any atom is -0.456 e. The molecule has 0 aliphatic heterocycles. The molecule has 13 heavy (non-hydrogen) atoms. The first kappa shape index (κ1) is 11.9. The number of carbonyl (C=O) groups is 1. The Balaban J connectivity index is 3.73. The van der Waals surface area contributed by atoms with Gasteiger partial charge in [0.25, 0.3) is 0 Å². The zero-order chi connectivity index (χ0) is 10.1. The summed E-state index contributed by atoms with van der Waals surface area (Å²) in [6.45, 7) is 3.90. The number of aliphatic hydroxyl groups is 1. The fraction of sp³-hybridized carbons (Fsp3) is 0.667. The van der Waals surface area contributed by atoms with Gasteiger partial charge in [-0.25, -0.2) is 4.79 Å². The normalized spacial score (nSPS) is 11.3. The maximum absolute atomic E-state index is 10.7. The molecule has 74 valence electrons. The summed E-state index contributed by atoms with van der Waals surface area (Å²) in [7, 11) is 0. The molecule has 0 radical (unpaired) electrons. The molecule has 0 amide bonds. The monoisotopic (exact) mass is 186 g/mol. The van der Waals surface area contributed by atoms with Crippen LogP contribution >= 0.6 is 0 Å². The topological polar surface area (TPSA) is 55.8 Å². The lowest BCUT2D eigenvalue weighted by Crippen LogP contribution is -2.10. The van der Waals surface area contributed by atoms with Crippen molar-refractivity contribution in [3.8, 4) is 11.8 Å². The van der Waals surface area contributed by atoms with E-state index in [1.54, 1.807) is 13.8 Å². The average Bonchev–Trinajstić information content (AvgIpc) is 2.12. The Morgan fingerprint density at radius 2 is 2.31 bits per heavy atom. The van der Waals surface area contributed by atoms with E-state index in [0.29, 0.717) is 6.61 Å². The van der Waals surface area contributed by atoms with Crippen LogP contribution in [0.15, 0.2) is 0 Å². The summed E-state index contributed by atoms with van der Waals surface area (Å²) in [6.07, 6.45) is -0.364. The number of rotatable bonds is 4. The van der Waals surface area contributed by atoms with Crippen LogP contribution in [0, 0.1) is 11.8 Å². The highest BCUT2D eigenvalue weighted by atomic mass is 16.5. The van der Waals surface area contributed by atoms with Crippen LogP contribution in [0.3, 0.4) is 0 Å². The van der Waals surface area contributed by atoms with Crippen molar-refractivity contribution < 1.29 is 19.4 Å². The largest absolute Gasteiger partial charge is 0.456 e. The zero-order valence-corrected chi connectivity index (χ0v) is 7.87. The van der Waals surface area contributed by atoms with E-state index in [1.807, 2.05) is 0 Å². The molecule has 0 saturated carbocycles. The summed E-state index contributed by atoms with van der Waals surface area (Å²) < 4.78 is 9.57. The molecule has 4 nitrogen and oxygen atoms in total. The molecule has 0 aromatic carbocycles. The van der Waals surface area contributed by atoms with Crippen LogP contribution in [-0.2, 0) is 14.3 Å². The Labute approximate surface area is 77.8 Å². The van der Waals surface area contributed by atoms with Crippen molar-refractivity contribution in [3.05, 3.63) is 0 Å². The molecule has 0 heterocycles. The van der Waals surface area contributed by atoms with Gasteiger partial charge in [0.05, 0.1) is 19.8 Å². The molecule has 0 aliphatic carbocycles. The molecular formula is C9H14O4. The van der Waals surface area contributed by atoms with E-state index in [9.17, 15) is 4.79 Å². The maximum atomic E-state index is 10.7. The van der Waals surface area contributed by atoms with Crippen molar-refractivity contribution in [2.45, 2.75) is 20.0 Å². The van der Waals surface area contributed by atoms with Crippen molar-refractivity contribution in [2.24, 2.45) is 0 Å². The van der Waals surface area contributed by atoms with E-state index in [4.69, 9.17) is 9.84 Å². The van der Waals surface area contributed by atoms with Crippen molar-refractivity contribution in [2.75, 3.05) is 19.8 Å². The maximum Gasteiger partial charge on any atom is 0.384 e. The third-order valence-electron chi connectivity index (χ3n) is 1.11. The van der Waals surface area contributed by atoms with Gasteiger partial charge in [-0.2, -0.15) is 0 Å². The number of carbonyl (C=O) groups excluding carboxylic acids is 1. The van der Waals surface area contributed by atoms with Crippen LogP contribution in [-0.4, -0.2) is 37.0 Å². The molecule has 0 aromatic rings. The molecule has 0 unspecified atom stereocenters. The Morgan fingerprint density at radius 1 is 1.62 bits per heavy atom. The van der Waals surface area contributed by atoms with Crippen molar-refractivity contribution >= 4 is 5.97 Å². The molecule has 1 N–H and O–H groups in total. The fourth-order valence-electron chi connectivity index (χ4n) is 0.599. The highest BCUT2D eigenvalue weighted by molar-refractivity contribution is 5.88. The Hall–Kier alpha value is -1.05. The van der Waals surface area contributed by atoms with E-state index in [-0.39, 0.29) is 19.3 Å². The van der Waals surface area contributed by atoms with Crippen molar-refractivity contribution in [1.82, 2.24) is 0 Å². The summed E-state index contributed by atoms with van der Waals surface area (Å²) in [5, 5.41) is 8.41.